The number of para-hydroxylation sites is 1. The third-order valence-electron chi connectivity index (χ3n) is 4.28. The summed E-state index contributed by atoms with van der Waals surface area (Å²) in [6.45, 7) is 0. The molecule has 4 N–H and O–H groups in total. The summed E-state index contributed by atoms with van der Waals surface area (Å²) in [5.41, 5.74) is 8.03. The van der Waals surface area contributed by atoms with E-state index in [1.165, 1.54) is 12.8 Å². The van der Waals surface area contributed by atoms with Crippen molar-refractivity contribution in [1.82, 2.24) is 10.3 Å². The first kappa shape index (κ1) is 14.3. The standard InChI is InChI=1S/C16H21N3OS/c1-21-12-7-5-11(6-8-12)18-16(20)14-9-10-3-2-4-13(17)15(10)19-14/h2-4,9,11-12,19H,5-8,17H2,1H3,(H,18,20). The predicted molar refractivity (Wildman–Crippen MR) is 89.7 cm³/mol. The quantitative estimate of drug-likeness (QED) is 0.763. The monoisotopic (exact) mass is 303 g/mol. The Labute approximate surface area is 128 Å². The fourth-order valence-electron chi connectivity index (χ4n) is 3.01. The maximum Gasteiger partial charge on any atom is 0.267 e. The maximum atomic E-state index is 12.4. The third kappa shape index (κ3) is 3.02. The van der Waals surface area contributed by atoms with Crippen molar-refractivity contribution in [3.8, 4) is 0 Å². The van der Waals surface area contributed by atoms with Crippen LogP contribution in [0.3, 0.4) is 0 Å². The number of anilines is 1. The summed E-state index contributed by atoms with van der Waals surface area (Å²) in [7, 11) is 0. The number of H-pyrrole nitrogens is 1. The normalized spacial score (nSPS) is 22.3. The van der Waals surface area contributed by atoms with Crippen molar-refractivity contribution in [2.24, 2.45) is 0 Å². The molecule has 4 nitrogen and oxygen atoms in total. The van der Waals surface area contributed by atoms with E-state index in [2.05, 4.69) is 16.6 Å². The topological polar surface area (TPSA) is 70.9 Å². The van der Waals surface area contributed by atoms with Gasteiger partial charge in [0.05, 0.1) is 11.2 Å². The molecule has 1 aliphatic carbocycles. The van der Waals surface area contributed by atoms with E-state index in [0.29, 0.717) is 17.4 Å². The van der Waals surface area contributed by atoms with E-state index in [0.717, 1.165) is 29.0 Å². The summed E-state index contributed by atoms with van der Waals surface area (Å²) in [6.07, 6.45) is 6.68. The molecule has 2 aromatic rings. The zero-order chi connectivity index (χ0) is 14.8. The lowest BCUT2D eigenvalue weighted by atomic mass is 9.95. The molecule has 3 rings (SSSR count). The molecule has 0 aliphatic heterocycles. The molecule has 1 aromatic heterocycles. The van der Waals surface area contributed by atoms with Crippen LogP contribution in [0.5, 0.6) is 0 Å². The number of rotatable bonds is 3. The molecule has 0 saturated heterocycles. The Kier molecular flexibility index (Phi) is 4.10. The lowest BCUT2D eigenvalue weighted by molar-refractivity contribution is 0.0924. The van der Waals surface area contributed by atoms with Crippen molar-refractivity contribution in [1.29, 1.82) is 0 Å². The van der Waals surface area contributed by atoms with Gasteiger partial charge < -0.3 is 16.0 Å². The number of carbonyl (C=O) groups is 1. The van der Waals surface area contributed by atoms with Crippen LogP contribution < -0.4 is 11.1 Å². The second-order valence-electron chi connectivity index (χ2n) is 5.68. The maximum absolute atomic E-state index is 12.4. The molecule has 1 aromatic carbocycles. The summed E-state index contributed by atoms with van der Waals surface area (Å²) >= 11 is 1.93. The number of benzene rings is 1. The van der Waals surface area contributed by atoms with Crippen molar-refractivity contribution >= 4 is 34.3 Å². The van der Waals surface area contributed by atoms with Gasteiger partial charge in [-0.05, 0) is 44.1 Å². The van der Waals surface area contributed by atoms with Crippen LogP contribution >= 0.6 is 11.8 Å². The molecule has 21 heavy (non-hydrogen) atoms. The van der Waals surface area contributed by atoms with Gasteiger partial charge in [-0.3, -0.25) is 4.79 Å². The summed E-state index contributed by atoms with van der Waals surface area (Å²) < 4.78 is 0. The van der Waals surface area contributed by atoms with E-state index < -0.39 is 0 Å². The van der Waals surface area contributed by atoms with Crippen LogP contribution in [-0.4, -0.2) is 28.4 Å². The zero-order valence-corrected chi connectivity index (χ0v) is 13.0. The van der Waals surface area contributed by atoms with E-state index >= 15 is 0 Å². The van der Waals surface area contributed by atoms with Crippen molar-refractivity contribution in [2.45, 2.75) is 37.0 Å². The van der Waals surface area contributed by atoms with E-state index in [9.17, 15) is 4.79 Å². The molecular formula is C16H21N3OS. The van der Waals surface area contributed by atoms with E-state index in [1.54, 1.807) is 0 Å². The number of nitrogens with one attached hydrogen (secondary N) is 2. The number of carbonyl (C=O) groups excluding carboxylic acids is 1. The number of thioether (sulfide) groups is 1. The molecule has 112 valence electrons. The van der Waals surface area contributed by atoms with Gasteiger partial charge in [0.25, 0.3) is 5.91 Å². The molecule has 1 saturated carbocycles. The average molecular weight is 303 g/mol. The molecule has 0 atom stereocenters. The Balaban J connectivity index is 1.68. The van der Waals surface area contributed by atoms with Crippen LogP contribution in [0.2, 0.25) is 0 Å². The number of fused-ring (bicyclic) bond motifs is 1. The van der Waals surface area contributed by atoms with E-state index in [-0.39, 0.29) is 5.91 Å². The Hall–Kier alpha value is -1.62. The Morgan fingerprint density at radius 2 is 2.10 bits per heavy atom. The number of hydrogen-bond donors (Lipinski definition) is 3. The minimum atomic E-state index is -0.0294. The minimum Gasteiger partial charge on any atom is -0.397 e. The van der Waals surface area contributed by atoms with Gasteiger partial charge in [-0.25, -0.2) is 0 Å². The highest BCUT2D eigenvalue weighted by Gasteiger charge is 2.22. The van der Waals surface area contributed by atoms with Crippen molar-refractivity contribution in [3.05, 3.63) is 30.0 Å². The summed E-state index contributed by atoms with van der Waals surface area (Å²) in [5.74, 6) is -0.0294. The molecule has 1 heterocycles. The molecule has 5 heteroatoms. The smallest absolute Gasteiger partial charge is 0.267 e. The first-order valence-corrected chi connectivity index (χ1v) is 8.67. The number of nitrogen functional groups attached to an aromatic ring is 1. The SMILES string of the molecule is CSC1CCC(NC(=O)c2cc3cccc(N)c3[nH]2)CC1. The van der Waals surface area contributed by atoms with Crippen molar-refractivity contribution in [3.63, 3.8) is 0 Å². The van der Waals surface area contributed by atoms with Gasteiger partial charge in [0, 0.05) is 16.7 Å². The number of aromatic nitrogens is 1. The van der Waals surface area contributed by atoms with Crippen LogP contribution in [0.15, 0.2) is 24.3 Å². The molecule has 0 radical (unpaired) electrons. The number of hydrogen-bond acceptors (Lipinski definition) is 3. The predicted octanol–water partition coefficient (Wildman–Crippen LogP) is 3.15. The summed E-state index contributed by atoms with van der Waals surface area (Å²) in [4.78, 5) is 15.5. The number of aromatic amines is 1. The molecular weight excluding hydrogens is 282 g/mol. The van der Waals surface area contributed by atoms with Crippen LogP contribution in [0.25, 0.3) is 10.9 Å². The van der Waals surface area contributed by atoms with Crippen LogP contribution in [0.4, 0.5) is 5.69 Å². The van der Waals surface area contributed by atoms with Gasteiger partial charge in [0.2, 0.25) is 0 Å². The van der Waals surface area contributed by atoms with Crippen LogP contribution in [-0.2, 0) is 0 Å². The lowest BCUT2D eigenvalue weighted by Gasteiger charge is -2.27. The Bertz CT molecular complexity index is 644. The van der Waals surface area contributed by atoms with Gasteiger partial charge in [-0.2, -0.15) is 11.8 Å². The zero-order valence-electron chi connectivity index (χ0n) is 12.2. The average Bonchev–Trinajstić information content (AvgIpc) is 2.94. The largest absolute Gasteiger partial charge is 0.397 e. The second kappa shape index (κ2) is 6.02. The van der Waals surface area contributed by atoms with Crippen LogP contribution in [0.1, 0.15) is 36.2 Å². The van der Waals surface area contributed by atoms with Gasteiger partial charge in [0.15, 0.2) is 0 Å². The fraction of sp³-hybridized carbons (Fsp3) is 0.438. The fourth-order valence-corrected chi connectivity index (χ4v) is 3.75. The summed E-state index contributed by atoms with van der Waals surface area (Å²) in [6, 6.07) is 7.86. The van der Waals surface area contributed by atoms with Crippen molar-refractivity contribution in [2.75, 3.05) is 12.0 Å². The highest BCUT2D eigenvalue weighted by atomic mass is 32.2. The highest BCUT2D eigenvalue weighted by molar-refractivity contribution is 7.99. The second-order valence-corrected chi connectivity index (χ2v) is 6.82. The van der Waals surface area contributed by atoms with E-state index in [4.69, 9.17) is 5.73 Å². The highest BCUT2D eigenvalue weighted by Crippen LogP contribution is 2.27. The number of nitrogens with two attached hydrogens (primary N) is 1. The third-order valence-corrected chi connectivity index (χ3v) is 5.41. The molecule has 0 bridgehead atoms. The first-order chi connectivity index (χ1) is 10.2. The van der Waals surface area contributed by atoms with Gasteiger partial charge in [-0.15, -0.1) is 0 Å². The van der Waals surface area contributed by atoms with Crippen LogP contribution in [0, 0.1) is 0 Å². The first-order valence-electron chi connectivity index (χ1n) is 7.38. The van der Waals surface area contributed by atoms with Crippen molar-refractivity contribution < 1.29 is 4.79 Å². The van der Waals surface area contributed by atoms with E-state index in [1.807, 2.05) is 36.0 Å². The van der Waals surface area contributed by atoms with Gasteiger partial charge >= 0.3 is 0 Å². The van der Waals surface area contributed by atoms with Gasteiger partial charge in [0.1, 0.15) is 5.69 Å². The lowest BCUT2D eigenvalue weighted by Crippen LogP contribution is -2.38. The molecule has 1 fully saturated rings. The number of amides is 1. The molecule has 0 spiro atoms. The Morgan fingerprint density at radius 3 is 2.76 bits per heavy atom. The summed E-state index contributed by atoms with van der Waals surface area (Å²) in [5, 5.41) is 4.87. The molecule has 0 unspecified atom stereocenters. The Morgan fingerprint density at radius 1 is 1.33 bits per heavy atom. The van der Waals surface area contributed by atoms with Gasteiger partial charge in [-0.1, -0.05) is 12.1 Å². The molecule has 1 amide bonds. The minimum absolute atomic E-state index is 0.0294. The molecule has 1 aliphatic rings.